The second kappa shape index (κ2) is 9.14. The molecule has 8 atom stereocenters. The fourth-order valence-electron chi connectivity index (χ4n) is 6.71. The molecule has 1 aliphatic carbocycles. The van der Waals surface area contributed by atoms with Gasteiger partial charge in [0.05, 0.1) is 0 Å². The lowest BCUT2D eigenvalue weighted by molar-refractivity contribution is -0.575. The Balaban J connectivity index is 1.16. The highest BCUT2D eigenvalue weighted by molar-refractivity contribution is 5.94. The Kier molecular flexibility index (Phi) is 6.07. The summed E-state index contributed by atoms with van der Waals surface area (Å²) in [6, 6.07) is 17.1. The van der Waals surface area contributed by atoms with Crippen LogP contribution in [-0.4, -0.2) is 29.9 Å². The van der Waals surface area contributed by atoms with Crippen molar-refractivity contribution < 1.29 is 28.8 Å². The molecule has 1 amide bonds. The fraction of sp³-hybridized carbons (Fsp3) is 0.552. The highest BCUT2D eigenvalue weighted by Gasteiger charge is 2.69. The summed E-state index contributed by atoms with van der Waals surface area (Å²) in [5, 5.41) is 2.96. The molecular formula is C29H35NO6. The fourth-order valence-corrected chi connectivity index (χ4v) is 6.71. The van der Waals surface area contributed by atoms with E-state index in [0.717, 1.165) is 31.2 Å². The summed E-state index contributed by atoms with van der Waals surface area (Å²) in [6.07, 6.45) is 2.92. The molecule has 4 saturated heterocycles. The summed E-state index contributed by atoms with van der Waals surface area (Å²) < 4.78 is 19.2. The van der Waals surface area contributed by atoms with E-state index in [1.807, 2.05) is 49.4 Å². The van der Waals surface area contributed by atoms with Gasteiger partial charge in [0.25, 0.3) is 5.91 Å². The summed E-state index contributed by atoms with van der Waals surface area (Å²) >= 11 is 0. The van der Waals surface area contributed by atoms with Crippen molar-refractivity contribution in [1.82, 2.24) is 5.32 Å². The molecule has 5 fully saturated rings. The Morgan fingerprint density at radius 3 is 2.56 bits per heavy atom. The maximum absolute atomic E-state index is 12.6. The standard InChI is InChI=1S/C29H35NO6/c1-18-9-14-24-19(2)26(33-27-29(24)23(18)15-16-28(3,34-27)35-36-29)32-22-12-10-21(11-13-22)25(31)30-17-20-7-5-4-6-8-20/h4-8,10-13,18-19,23-24,26-27H,9,14-17H2,1-3H3,(H,30,31)/t18-,19-,23?,24?,26+,27?,28-,29-/m1/s1. The van der Waals surface area contributed by atoms with Crippen LogP contribution in [0.3, 0.4) is 0 Å². The molecule has 4 aliphatic heterocycles. The van der Waals surface area contributed by atoms with Gasteiger partial charge in [0.15, 0.2) is 11.9 Å². The van der Waals surface area contributed by atoms with Gasteiger partial charge in [-0.3, -0.25) is 4.79 Å². The highest BCUT2D eigenvalue weighted by Crippen LogP contribution is 2.60. The summed E-state index contributed by atoms with van der Waals surface area (Å²) in [7, 11) is 0. The zero-order valence-electron chi connectivity index (χ0n) is 21.1. The summed E-state index contributed by atoms with van der Waals surface area (Å²) in [4.78, 5) is 24.7. The quantitative estimate of drug-likeness (QED) is 0.577. The van der Waals surface area contributed by atoms with Gasteiger partial charge < -0.3 is 19.5 Å². The van der Waals surface area contributed by atoms with Crippen LogP contribution >= 0.6 is 0 Å². The first-order valence-electron chi connectivity index (χ1n) is 13.2. The largest absolute Gasteiger partial charge is 0.465 e. The second-order valence-electron chi connectivity index (χ2n) is 11.1. The lowest BCUT2D eigenvalue weighted by Crippen LogP contribution is -2.70. The van der Waals surface area contributed by atoms with Crippen LogP contribution in [0.2, 0.25) is 0 Å². The number of nitrogens with one attached hydrogen (secondary N) is 1. The van der Waals surface area contributed by atoms with Gasteiger partial charge in [-0.15, -0.1) is 0 Å². The van der Waals surface area contributed by atoms with Gasteiger partial charge in [-0.1, -0.05) is 44.2 Å². The smallest absolute Gasteiger partial charge is 0.251 e. The third kappa shape index (κ3) is 4.02. The van der Waals surface area contributed by atoms with Crippen LogP contribution < -0.4 is 10.1 Å². The monoisotopic (exact) mass is 493 g/mol. The van der Waals surface area contributed by atoms with Crippen molar-refractivity contribution >= 4 is 5.91 Å². The predicted molar refractivity (Wildman–Crippen MR) is 132 cm³/mol. The molecule has 2 aromatic rings. The Bertz CT molecular complexity index is 1090. The van der Waals surface area contributed by atoms with Crippen LogP contribution in [0.4, 0.5) is 0 Å². The molecule has 7 rings (SSSR count). The molecule has 1 saturated carbocycles. The lowest BCUT2D eigenvalue weighted by Gasteiger charge is -2.60. The van der Waals surface area contributed by atoms with Gasteiger partial charge in [-0.2, -0.15) is 0 Å². The van der Waals surface area contributed by atoms with Crippen molar-refractivity contribution in [2.45, 2.75) is 77.0 Å². The number of hydrogen-bond acceptors (Lipinski definition) is 6. The first-order chi connectivity index (χ1) is 17.4. The molecule has 3 unspecified atom stereocenters. The van der Waals surface area contributed by atoms with E-state index in [0.29, 0.717) is 29.7 Å². The first-order valence-corrected chi connectivity index (χ1v) is 13.2. The Hall–Kier alpha value is -2.45. The van der Waals surface area contributed by atoms with E-state index in [2.05, 4.69) is 19.2 Å². The summed E-state index contributed by atoms with van der Waals surface area (Å²) in [6.45, 7) is 6.89. The van der Waals surface area contributed by atoms with Crippen molar-refractivity contribution in [3.8, 4) is 5.75 Å². The van der Waals surface area contributed by atoms with Gasteiger partial charge in [-0.05, 0) is 67.9 Å². The van der Waals surface area contributed by atoms with E-state index in [4.69, 9.17) is 24.0 Å². The Morgan fingerprint density at radius 2 is 1.78 bits per heavy atom. The van der Waals surface area contributed by atoms with Gasteiger partial charge in [0, 0.05) is 30.4 Å². The molecule has 0 aromatic heterocycles. The number of carbonyl (C=O) groups is 1. The van der Waals surface area contributed by atoms with E-state index in [1.54, 1.807) is 12.1 Å². The number of benzene rings is 2. The minimum atomic E-state index is -0.808. The molecule has 36 heavy (non-hydrogen) atoms. The average Bonchev–Trinajstić information content (AvgIpc) is 3.12. The predicted octanol–water partition coefficient (Wildman–Crippen LogP) is 5.20. The summed E-state index contributed by atoms with van der Waals surface area (Å²) in [5.41, 5.74) is 1.04. The Labute approximate surface area is 212 Å². The summed E-state index contributed by atoms with van der Waals surface area (Å²) in [5.74, 6) is 0.855. The third-order valence-corrected chi connectivity index (χ3v) is 8.76. The van der Waals surface area contributed by atoms with Crippen molar-refractivity contribution in [3.05, 3.63) is 65.7 Å². The van der Waals surface area contributed by atoms with E-state index < -0.39 is 24.0 Å². The molecule has 7 nitrogen and oxygen atoms in total. The van der Waals surface area contributed by atoms with Gasteiger partial charge in [-0.25, -0.2) is 9.78 Å². The molecule has 192 valence electrons. The van der Waals surface area contributed by atoms with Crippen LogP contribution in [0.1, 0.15) is 62.4 Å². The minimum absolute atomic E-state index is 0.0831. The first kappa shape index (κ1) is 23.9. The molecule has 1 N–H and O–H groups in total. The van der Waals surface area contributed by atoms with Gasteiger partial charge >= 0.3 is 0 Å². The molecule has 1 spiro atoms. The van der Waals surface area contributed by atoms with E-state index in [1.165, 1.54) is 0 Å². The van der Waals surface area contributed by atoms with E-state index in [-0.39, 0.29) is 17.7 Å². The number of rotatable bonds is 5. The maximum Gasteiger partial charge on any atom is 0.251 e. The normalized spacial score (nSPS) is 39.1. The molecule has 4 heterocycles. The van der Waals surface area contributed by atoms with Crippen LogP contribution in [0, 0.1) is 23.7 Å². The molecule has 0 radical (unpaired) electrons. The SMILES string of the molecule is C[C@@H]1CCC2[C@@H](C)[C@@H](Oc3ccc(C(=O)NCc4ccccc4)cc3)OC3O[C@@]4(C)CCC1[C@]32OO4. The number of ether oxygens (including phenoxy) is 3. The van der Waals surface area contributed by atoms with Crippen LogP contribution in [0.25, 0.3) is 0 Å². The van der Waals surface area contributed by atoms with Crippen LogP contribution in [-0.2, 0) is 25.8 Å². The van der Waals surface area contributed by atoms with Gasteiger partial charge in [0.1, 0.15) is 5.75 Å². The zero-order chi connectivity index (χ0) is 24.9. The molecule has 2 aromatic carbocycles. The third-order valence-electron chi connectivity index (χ3n) is 8.76. The number of carbonyl (C=O) groups excluding carboxylic acids is 1. The molecule has 5 aliphatic rings. The number of amides is 1. The van der Waals surface area contributed by atoms with Crippen molar-refractivity contribution in [2.75, 3.05) is 0 Å². The minimum Gasteiger partial charge on any atom is -0.465 e. The van der Waals surface area contributed by atoms with E-state index >= 15 is 0 Å². The topological polar surface area (TPSA) is 75.3 Å². The molecule has 2 bridgehead atoms. The zero-order valence-corrected chi connectivity index (χ0v) is 21.1. The average molecular weight is 494 g/mol. The Morgan fingerprint density at radius 1 is 1.00 bits per heavy atom. The van der Waals surface area contributed by atoms with E-state index in [9.17, 15) is 4.79 Å². The lowest BCUT2D eigenvalue weighted by atomic mass is 9.58. The van der Waals surface area contributed by atoms with Crippen LogP contribution in [0.5, 0.6) is 5.75 Å². The highest BCUT2D eigenvalue weighted by atomic mass is 17.3. The van der Waals surface area contributed by atoms with Crippen molar-refractivity contribution in [1.29, 1.82) is 0 Å². The number of fused-ring (bicyclic) bond motifs is 2. The van der Waals surface area contributed by atoms with Crippen molar-refractivity contribution in [2.24, 2.45) is 23.7 Å². The number of hydrogen-bond donors (Lipinski definition) is 1. The second-order valence-corrected chi connectivity index (χ2v) is 11.1. The maximum atomic E-state index is 12.6. The van der Waals surface area contributed by atoms with Crippen LogP contribution in [0.15, 0.2) is 54.6 Å². The van der Waals surface area contributed by atoms with Crippen molar-refractivity contribution in [3.63, 3.8) is 0 Å². The van der Waals surface area contributed by atoms with Gasteiger partial charge in [0.2, 0.25) is 12.1 Å². The molecular weight excluding hydrogens is 458 g/mol. The molecule has 7 heteroatoms.